The standard InChI is InChI=1S/C25H27ClN2O4/c1-4-32-25(30)20-16-22(18-9-6-5-7-10-18)28(17(20)2)14-8-11-24(29)27-19-12-13-23(31-3)21(26)15-19/h5-7,9-10,12-13,15-16H,4,8,11,14H2,1-3H3,(H,27,29). The first-order valence-corrected chi connectivity index (χ1v) is 10.9. The number of rotatable bonds is 9. The zero-order valence-corrected chi connectivity index (χ0v) is 19.2. The Balaban J connectivity index is 1.71. The fourth-order valence-corrected chi connectivity index (χ4v) is 3.82. The van der Waals surface area contributed by atoms with Crippen molar-refractivity contribution in [1.29, 1.82) is 0 Å². The van der Waals surface area contributed by atoms with E-state index >= 15 is 0 Å². The Morgan fingerprint density at radius 3 is 2.50 bits per heavy atom. The molecule has 0 unspecified atom stereocenters. The van der Waals surface area contributed by atoms with Gasteiger partial charge in [0.05, 0.1) is 24.3 Å². The molecule has 0 aliphatic rings. The van der Waals surface area contributed by atoms with E-state index < -0.39 is 0 Å². The molecule has 1 amide bonds. The highest BCUT2D eigenvalue weighted by Gasteiger charge is 2.19. The summed E-state index contributed by atoms with van der Waals surface area (Å²) in [6, 6.07) is 16.9. The summed E-state index contributed by atoms with van der Waals surface area (Å²) in [6.45, 7) is 4.60. The summed E-state index contributed by atoms with van der Waals surface area (Å²) >= 11 is 6.12. The van der Waals surface area contributed by atoms with Gasteiger partial charge >= 0.3 is 5.97 Å². The second kappa shape index (κ2) is 10.9. The zero-order chi connectivity index (χ0) is 23.1. The lowest BCUT2D eigenvalue weighted by atomic mass is 10.1. The number of benzene rings is 2. The molecular formula is C25H27ClN2O4. The Morgan fingerprint density at radius 1 is 1.09 bits per heavy atom. The number of carbonyl (C=O) groups excluding carboxylic acids is 2. The lowest BCUT2D eigenvalue weighted by Crippen LogP contribution is -2.13. The highest BCUT2D eigenvalue weighted by atomic mass is 35.5. The van der Waals surface area contributed by atoms with Crippen LogP contribution in [0.3, 0.4) is 0 Å². The second-order valence-corrected chi connectivity index (χ2v) is 7.68. The monoisotopic (exact) mass is 454 g/mol. The number of aromatic nitrogens is 1. The van der Waals surface area contributed by atoms with Crippen LogP contribution in [0.5, 0.6) is 5.75 Å². The summed E-state index contributed by atoms with van der Waals surface area (Å²) in [7, 11) is 1.54. The molecule has 0 fully saturated rings. The Kier molecular flexibility index (Phi) is 7.95. The highest BCUT2D eigenvalue weighted by Crippen LogP contribution is 2.28. The minimum atomic E-state index is -0.338. The zero-order valence-electron chi connectivity index (χ0n) is 18.5. The topological polar surface area (TPSA) is 69.6 Å². The van der Waals surface area contributed by atoms with Crippen molar-refractivity contribution in [1.82, 2.24) is 4.57 Å². The van der Waals surface area contributed by atoms with Crippen molar-refractivity contribution in [2.75, 3.05) is 19.0 Å². The van der Waals surface area contributed by atoms with E-state index in [2.05, 4.69) is 9.88 Å². The molecule has 0 bridgehead atoms. The summed E-state index contributed by atoms with van der Waals surface area (Å²) in [5, 5.41) is 3.30. The number of ether oxygens (including phenoxy) is 2. The number of methoxy groups -OCH3 is 1. The van der Waals surface area contributed by atoms with Crippen LogP contribution in [-0.2, 0) is 16.1 Å². The molecule has 7 heteroatoms. The molecule has 0 aliphatic heterocycles. The van der Waals surface area contributed by atoms with Crippen molar-refractivity contribution >= 4 is 29.2 Å². The number of halogens is 1. The van der Waals surface area contributed by atoms with E-state index in [4.69, 9.17) is 21.1 Å². The molecule has 168 valence electrons. The predicted octanol–water partition coefficient (Wildman–Crippen LogP) is 5.72. The normalized spacial score (nSPS) is 10.6. The lowest BCUT2D eigenvalue weighted by molar-refractivity contribution is -0.116. The van der Waals surface area contributed by atoms with E-state index in [9.17, 15) is 9.59 Å². The lowest BCUT2D eigenvalue weighted by Gasteiger charge is -2.13. The molecule has 1 N–H and O–H groups in total. The van der Waals surface area contributed by atoms with Gasteiger partial charge in [-0.25, -0.2) is 4.79 Å². The first kappa shape index (κ1) is 23.4. The van der Waals surface area contributed by atoms with Gasteiger partial charge in [0, 0.05) is 30.0 Å². The van der Waals surface area contributed by atoms with Gasteiger partial charge in [0.1, 0.15) is 5.75 Å². The Labute approximate surface area is 193 Å². The maximum atomic E-state index is 12.4. The molecule has 0 aliphatic carbocycles. The summed E-state index contributed by atoms with van der Waals surface area (Å²) in [4.78, 5) is 24.8. The highest BCUT2D eigenvalue weighted by molar-refractivity contribution is 6.32. The van der Waals surface area contributed by atoms with Gasteiger partial charge in [0.2, 0.25) is 5.91 Å². The summed E-state index contributed by atoms with van der Waals surface area (Å²) < 4.78 is 12.4. The molecule has 6 nitrogen and oxygen atoms in total. The smallest absolute Gasteiger partial charge is 0.339 e. The van der Waals surface area contributed by atoms with Gasteiger partial charge in [0.25, 0.3) is 0 Å². The van der Waals surface area contributed by atoms with Crippen LogP contribution in [0, 0.1) is 6.92 Å². The van der Waals surface area contributed by atoms with Crippen LogP contribution in [-0.4, -0.2) is 30.2 Å². The van der Waals surface area contributed by atoms with Gasteiger partial charge in [-0.05, 0) is 50.1 Å². The SMILES string of the molecule is CCOC(=O)c1cc(-c2ccccc2)n(CCCC(=O)Nc2ccc(OC)c(Cl)c2)c1C. The summed E-state index contributed by atoms with van der Waals surface area (Å²) in [6.07, 6.45) is 0.928. The Bertz CT molecular complexity index is 1090. The van der Waals surface area contributed by atoms with Crippen LogP contribution >= 0.6 is 11.6 Å². The van der Waals surface area contributed by atoms with E-state index in [1.165, 1.54) is 0 Å². The average molecular weight is 455 g/mol. The van der Waals surface area contributed by atoms with Gasteiger partial charge in [-0.1, -0.05) is 41.9 Å². The Hall–Kier alpha value is -3.25. The number of hydrogen-bond donors (Lipinski definition) is 1. The minimum Gasteiger partial charge on any atom is -0.495 e. The molecule has 0 saturated carbocycles. The Morgan fingerprint density at radius 2 is 1.84 bits per heavy atom. The third-order valence-electron chi connectivity index (χ3n) is 5.15. The average Bonchev–Trinajstić information content (AvgIpc) is 3.11. The van der Waals surface area contributed by atoms with Crippen LogP contribution < -0.4 is 10.1 Å². The van der Waals surface area contributed by atoms with E-state index in [1.807, 2.05) is 43.3 Å². The van der Waals surface area contributed by atoms with Crippen molar-refractivity contribution in [3.05, 3.63) is 70.9 Å². The van der Waals surface area contributed by atoms with Crippen LogP contribution in [0.2, 0.25) is 5.02 Å². The molecule has 0 radical (unpaired) electrons. The van der Waals surface area contributed by atoms with Crippen LogP contribution in [0.15, 0.2) is 54.6 Å². The van der Waals surface area contributed by atoms with Crippen molar-refractivity contribution < 1.29 is 19.1 Å². The number of amides is 1. The molecular weight excluding hydrogens is 428 g/mol. The molecule has 2 aromatic carbocycles. The molecule has 0 atom stereocenters. The number of anilines is 1. The van der Waals surface area contributed by atoms with E-state index in [0.29, 0.717) is 48.0 Å². The van der Waals surface area contributed by atoms with Gasteiger partial charge in [-0.3, -0.25) is 4.79 Å². The van der Waals surface area contributed by atoms with Crippen molar-refractivity contribution in [3.63, 3.8) is 0 Å². The van der Waals surface area contributed by atoms with E-state index in [0.717, 1.165) is 17.0 Å². The van der Waals surface area contributed by atoms with Gasteiger partial charge in [-0.2, -0.15) is 0 Å². The summed E-state index contributed by atoms with van der Waals surface area (Å²) in [5.74, 6) is 0.108. The summed E-state index contributed by atoms with van der Waals surface area (Å²) in [5.41, 5.74) is 3.91. The third-order valence-corrected chi connectivity index (χ3v) is 5.45. The van der Waals surface area contributed by atoms with Crippen LogP contribution in [0.25, 0.3) is 11.3 Å². The van der Waals surface area contributed by atoms with E-state index in [1.54, 1.807) is 32.2 Å². The van der Waals surface area contributed by atoms with Crippen molar-refractivity contribution in [3.8, 4) is 17.0 Å². The number of esters is 1. The quantitative estimate of drug-likeness (QED) is 0.420. The second-order valence-electron chi connectivity index (χ2n) is 7.27. The molecule has 1 aromatic heterocycles. The first-order valence-electron chi connectivity index (χ1n) is 10.5. The molecule has 3 aromatic rings. The van der Waals surface area contributed by atoms with Crippen LogP contribution in [0.1, 0.15) is 35.8 Å². The van der Waals surface area contributed by atoms with E-state index in [-0.39, 0.29) is 11.9 Å². The predicted molar refractivity (Wildman–Crippen MR) is 126 cm³/mol. The molecule has 0 spiro atoms. The third kappa shape index (κ3) is 5.51. The molecule has 32 heavy (non-hydrogen) atoms. The van der Waals surface area contributed by atoms with Crippen molar-refractivity contribution in [2.45, 2.75) is 33.2 Å². The van der Waals surface area contributed by atoms with Gasteiger partial charge in [0.15, 0.2) is 0 Å². The maximum absolute atomic E-state index is 12.4. The molecule has 3 rings (SSSR count). The fourth-order valence-electron chi connectivity index (χ4n) is 3.56. The maximum Gasteiger partial charge on any atom is 0.339 e. The van der Waals surface area contributed by atoms with Gasteiger partial charge < -0.3 is 19.4 Å². The fraction of sp³-hybridized carbons (Fsp3) is 0.280. The first-order chi connectivity index (χ1) is 15.4. The minimum absolute atomic E-state index is 0.108. The molecule has 1 heterocycles. The number of carbonyl (C=O) groups is 2. The van der Waals surface area contributed by atoms with Gasteiger partial charge in [-0.15, -0.1) is 0 Å². The largest absolute Gasteiger partial charge is 0.495 e. The van der Waals surface area contributed by atoms with Crippen LogP contribution in [0.4, 0.5) is 5.69 Å². The molecule has 0 saturated heterocycles. The van der Waals surface area contributed by atoms with Crippen molar-refractivity contribution in [2.24, 2.45) is 0 Å². The number of nitrogens with zero attached hydrogens (tertiary/aromatic N) is 1. The number of hydrogen-bond acceptors (Lipinski definition) is 4. The number of nitrogens with one attached hydrogen (secondary N) is 1.